The quantitative estimate of drug-likeness (QED) is 0.817. The van der Waals surface area contributed by atoms with Gasteiger partial charge in [-0.05, 0) is 37.3 Å². The van der Waals surface area contributed by atoms with Gasteiger partial charge in [-0.2, -0.15) is 0 Å². The summed E-state index contributed by atoms with van der Waals surface area (Å²) in [7, 11) is 0. The van der Waals surface area contributed by atoms with Crippen LogP contribution in [0.1, 0.15) is 36.5 Å². The molecule has 22 heavy (non-hydrogen) atoms. The maximum Gasteiger partial charge on any atom is 0.253 e. The molecule has 0 spiro atoms. The van der Waals surface area contributed by atoms with Crippen LogP contribution in [0.15, 0.2) is 29.2 Å². The summed E-state index contributed by atoms with van der Waals surface area (Å²) < 4.78 is 0. The fourth-order valence-electron chi connectivity index (χ4n) is 3.24. The van der Waals surface area contributed by atoms with Gasteiger partial charge in [-0.1, -0.05) is 19.4 Å². The molecule has 1 aromatic carbocycles. The van der Waals surface area contributed by atoms with E-state index in [1.807, 2.05) is 37.4 Å². The normalized spacial score (nSPS) is 25.3. The predicted octanol–water partition coefficient (Wildman–Crippen LogP) is 2.39. The first kappa shape index (κ1) is 17.3. The van der Waals surface area contributed by atoms with E-state index in [4.69, 9.17) is 0 Å². The van der Waals surface area contributed by atoms with Crippen LogP contribution in [0.2, 0.25) is 0 Å². The van der Waals surface area contributed by atoms with Crippen molar-refractivity contribution in [2.75, 3.05) is 26.0 Å². The Hall–Kier alpha value is -1.04. The van der Waals surface area contributed by atoms with E-state index in [2.05, 4.69) is 0 Å². The predicted molar refractivity (Wildman–Crippen MR) is 89.2 cm³/mol. The summed E-state index contributed by atoms with van der Waals surface area (Å²) in [5.41, 5.74) is 0.0892. The van der Waals surface area contributed by atoms with Crippen LogP contribution in [0.3, 0.4) is 0 Å². The molecule has 0 aromatic heterocycles. The second kappa shape index (κ2) is 7.49. The van der Waals surface area contributed by atoms with Gasteiger partial charge in [0.15, 0.2) is 0 Å². The van der Waals surface area contributed by atoms with E-state index in [1.165, 1.54) is 0 Å². The minimum absolute atomic E-state index is 0.0169. The molecule has 1 heterocycles. The highest BCUT2D eigenvalue weighted by molar-refractivity contribution is 7.98. The van der Waals surface area contributed by atoms with Crippen molar-refractivity contribution in [2.45, 2.75) is 37.2 Å². The van der Waals surface area contributed by atoms with E-state index in [9.17, 15) is 15.0 Å². The van der Waals surface area contributed by atoms with E-state index in [-0.39, 0.29) is 12.5 Å². The summed E-state index contributed by atoms with van der Waals surface area (Å²) in [6.45, 7) is 2.90. The van der Waals surface area contributed by atoms with Crippen molar-refractivity contribution in [3.8, 4) is 0 Å². The van der Waals surface area contributed by atoms with E-state index in [1.54, 1.807) is 16.7 Å². The van der Waals surface area contributed by atoms with Crippen molar-refractivity contribution >= 4 is 17.7 Å². The molecule has 0 aliphatic carbocycles. The minimum atomic E-state index is -0.584. The van der Waals surface area contributed by atoms with Crippen LogP contribution >= 0.6 is 11.8 Å². The summed E-state index contributed by atoms with van der Waals surface area (Å²) >= 11 is 1.61. The second-order valence-corrected chi connectivity index (χ2v) is 6.91. The molecular weight excluding hydrogens is 298 g/mol. The molecule has 5 heteroatoms. The molecule has 2 atom stereocenters. The number of hydrogen-bond acceptors (Lipinski definition) is 4. The van der Waals surface area contributed by atoms with Gasteiger partial charge in [-0.15, -0.1) is 11.8 Å². The lowest BCUT2D eigenvalue weighted by Gasteiger charge is -2.45. The Morgan fingerprint density at radius 3 is 2.91 bits per heavy atom. The molecule has 0 radical (unpaired) electrons. The van der Waals surface area contributed by atoms with Crippen molar-refractivity contribution < 1.29 is 15.0 Å². The molecule has 1 amide bonds. The fourth-order valence-corrected chi connectivity index (χ4v) is 3.70. The molecule has 1 fully saturated rings. The Morgan fingerprint density at radius 1 is 1.50 bits per heavy atom. The average Bonchev–Trinajstić information content (AvgIpc) is 2.56. The number of hydrogen-bond donors (Lipinski definition) is 2. The Bertz CT molecular complexity index is 522. The van der Waals surface area contributed by atoms with Gasteiger partial charge < -0.3 is 15.1 Å². The number of piperidine rings is 1. The number of thioether (sulfide) groups is 1. The molecule has 1 saturated heterocycles. The number of carbonyl (C=O) groups excluding carboxylic acids is 1. The topological polar surface area (TPSA) is 60.8 Å². The third-order valence-corrected chi connectivity index (χ3v) is 5.28. The number of rotatable bonds is 5. The Morgan fingerprint density at radius 2 is 2.27 bits per heavy atom. The van der Waals surface area contributed by atoms with Crippen LogP contribution in [0.4, 0.5) is 0 Å². The average molecular weight is 323 g/mol. The van der Waals surface area contributed by atoms with Gasteiger partial charge in [0.1, 0.15) is 0 Å². The number of carbonyl (C=O) groups is 1. The first-order chi connectivity index (χ1) is 10.6. The van der Waals surface area contributed by atoms with Crippen molar-refractivity contribution in [3.63, 3.8) is 0 Å². The van der Waals surface area contributed by atoms with Crippen molar-refractivity contribution in [1.29, 1.82) is 0 Å². The third kappa shape index (κ3) is 3.47. The lowest BCUT2D eigenvalue weighted by atomic mass is 9.74. The SMILES string of the molecule is CCC[C@@]1(CO)CN(C(=O)c2cccc(SC)c2)CC[C@@H]1O. The molecule has 1 aromatic rings. The first-order valence-electron chi connectivity index (χ1n) is 7.78. The zero-order chi connectivity index (χ0) is 16.2. The van der Waals surface area contributed by atoms with Gasteiger partial charge in [-0.25, -0.2) is 0 Å². The fraction of sp³-hybridized carbons (Fsp3) is 0.588. The third-order valence-electron chi connectivity index (χ3n) is 4.55. The molecule has 0 bridgehead atoms. The Labute approximate surface area is 136 Å². The smallest absolute Gasteiger partial charge is 0.253 e. The second-order valence-electron chi connectivity index (χ2n) is 6.03. The maximum atomic E-state index is 12.7. The summed E-state index contributed by atoms with van der Waals surface area (Å²) in [5, 5.41) is 20.1. The molecular formula is C17H25NO3S. The van der Waals surface area contributed by atoms with Gasteiger partial charge in [-0.3, -0.25) is 4.79 Å². The van der Waals surface area contributed by atoms with Crippen molar-refractivity contribution in [2.24, 2.45) is 5.41 Å². The van der Waals surface area contributed by atoms with Gasteiger partial charge in [0.05, 0.1) is 12.7 Å². The lowest BCUT2D eigenvalue weighted by molar-refractivity contribution is -0.0720. The molecule has 122 valence electrons. The van der Waals surface area contributed by atoms with Gasteiger partial charge in [0.2, 0.25) is 0 Å². The summed E-state index contributed by atoms with van der Waals surface area (Å²) in [4.78, 5) is 15.6. The standard InChI is InChI=1S/C17H25NO3S/c1-3-8-17(12-19)11-18(9-7-15(17)20)16(21)13-5-4-6-14(10-13)22-2/h4-6,10,15,19-20H,3,7-9,11-12H2,1-2H3/t15-,17-/m0/s1. The van der Waals surface area contributed by atoms with Crippen LogP contribution < -0.4 is 0 Å². The molecule has 1 aliphatic heterocycles. The number of amides is 1. The number of benzene rings is 1. The Balaban J connectivity index is 2.19. The van der Waals surface area contributed by atoms with Crippen molar-refractivity contribution in [1.82, 2.24) is 4.90 Å². The molecule has 2 N–H and O–H groups in total. The highest BCUT2D eigenvalue weighted by Gasteiger charge is 2.43. The first-order valence-corrected chi connectivity index (χ1v) is 9.01. The summed E-state index contributed by atoms with van der Waals surface area (Å²) in [6.07, 6.45) is 3.56. The number of aliphatic hydroxyl groups is 2. The number of aliphatic hydroxyl groups excluding tert-OH is 2. The summed E-state index contributed by atoms with van der Waals surface area (Å²) in [6, 6.07) is 7.60. The summed E-state index contributed by atoms with van der Waals surface area (Å²) in [5.74, 6) is -0.0169. The van der Waals surface area contributed by atoms with Crippen LogP contribution in [-0.4, -0.2) is 53.1 Å². The highest BCUT2D eigenvalue weighted by Crippen LogP contribution is 2.35. The van der Waals surface area contributed by atoms with E-state index in [0.29, 0.717) is 25.1 Å². The van der Waals surface area contributed by atoms with E-state index in [0.717, 1.165) is 17.7 Å². The minimum Gasteiger partial charge on any atom is -0.396 e. The Kier molecular flexibility index (Phi) is 5.89. The van der Waals surface area contributed by atoms with Crippen LogP contribution in [-0.2, 0) is 0 Å². The number of likely N-dealkylation sites (tertiary alicyclic amines) is 1. The lowest BCUT2D eigenvalue weighted by Crippen LogP contribution is -2.55. The molecule has 2 rings (SSSR count). The molecule has 1 aliphatic rings. The van der Waals surface area contributed by atoms with Crippen LogP contribution in [0, 0.1) is 5.41 Å². The van der Waals surface area contributed by atoms with Gasteiger partial charge in [0.25, 0.3) is 5.91 Å². The molecule has 0 unspecified atom stereocenters. The van der Waals surface area contributed by atoms with E-state index < -0.39 is 11.5 Å². The zero-order valence-corrected chi connectivity index (χ0v) is 14.1. The molecule has 0 saturated carbocycles. The number of nitrogens with zero attached hydrogens (tertiary/aromatic N) is 1. The van der Waals surface area contributed by atoms with E-state index >= 15 is 0 Å². The maximum absolute atomic E-state index is 12.7. The van der Waals surface area contributed by atoms with Gasteiger partial charge >= 0.3 is 0 Å². The van der Waals surface area contributed by atoms with Crippen LogP contribution in [0.25, 0.3) is 0 Å². The van der Waals surface area contributed by atoms with Crippen molar-refractivity contribution in [3.05, 3.63) is 29.8 Å². The molecule has 4 nitrogen and oxygen atoms in total. The van der Waals surface area contributed by atoms with Crippen LogP contribution in [0.5, 0.6) is 0 Å². The zero-order valence-electron chi connectivity index (χ0n) is 13.3. The highest BCUT2D eigenvalue weighted by atomic mass is 32.2. The van der Waals surface area contributed by atoms with Gasteiger partial charge in [0, 0.05) is 29.0 Å². The monoisotopic (exact) mass is 323 g/mol. The largest absolute Gasteiger partial charge is 0.396 e.